The van der Waals surface area contributed by atoms with Crippen molar-refractivity contribution in [3.63, 3.8) is 0 Å². The van der Waals surface area contributed by atoms with E-state index in [1.165, 1.54) is 37.8 Å². The van der Waals surface area contributed by atoms with Crippen molar-refractivity contribution >= 4 is 27.5 Å². The average molecular weight is 352 g/mol. The third-order valence-electron chi connectivity index (χ3n) is 4.65. The summed E-state index contributed by atoms with van der Waals surface area (Å²) in [6, 6.07) is 6.84. The largest absolute Gasteiger partial charge is 0.366 e. The number of carbonyl (C=O) groups is 1. The molecule has 3 N–H and O–H groups in total. The molecule has 21 heavy (non-hydrogen) atoms. The van der Waals surface area contributed by atoms with E-state index in [1.54, 1.807) is 0 Å². The van der Waals surface area contributed by atoms with Crippen LogP contribution in [0.5, 0.6) is 0 Å². The predicted octanol–water partition coefficient (Wildman–Crippen LogP) is 2.66. The molecule has 0 radical (unpaired) electrons. The number of anilines is 1. The number of nitrogens with zero attached hydrogens (tertiary/aromatic N) is 1. The minimum Gasteiger partial charge on any atom is -0.366 e. The highest BCUT2D eigenvalue weighted by atomic mass is 79.9. The maximum absolute atomic E-state index is 11.3. The summed E-state index contributed by atoms with van der Waals surface area (Å²) in [6.07, 6.45) is 6.31. The first-order valence-electron chi connectivity index (χ1n) is 7.76. The summed E-state index contributed by atoms with van der Waals surface area (Å²) >= 11 is 3.62. The van der Waals surface area contributed by atoms with Gasteiger partial charge in [0.2, 0.25) is 5.91 Å². The molecule has 114 valence electrons. The summed E-state index contributed by atoms with van der Waals surface area (Å²) in [5.74, 6) is -0.380. The highest BCUT2D eigenvalue weighted by Crippen LogP contribution is 2.34. The van der Waals surface area contributed by atoms with Gasteiger partial charge in [-0.2, -0.15) is 0 Å². The topological polar surface area (TPSA) is 58.4 Å². The molecule has 0 bridgehead atoms. The van der Waals surface area contributed by atoms with Gasteiger partial charge in [0, 0.05) is 28.7 Å². The molecule has 2 aliphatic heterocycles. The number of nitrogens with two attached hydrogens (primary N) is 1. The van der Waals surface area contributed by atoms with Gasteiger partial charge in [-0.25, -0.2) is 0 Å². The van der Waals surface area contributed by atoms with E-state index in [2.05, 4.69) is 26.1 Å². The Labute approximate surface area is 134 Å². The average Bonchev–Trinajstić information content (AvgIpc) is 3.01. The first kappa shape index (κ1) is 14.9. The SMILES string of the molecule is NC(=O)c1ccc(N2CCCCC2C2CCCN2)c(Br)c1. The van der Waals surface area contributed by atoms with Crippen LogP contribution < -0.4 is 16.0 Å². The Morgan fingerprint density at radius 3 is 2.81 bits per heavy atom. The molecule has 0 aromatic heterocycles. The number of benzene rings is 1. The molecule has 0 spiro atoms. The molecular formula is C16H22BrN3O. The second-order valence-electron chi connectivity index (χ2n) is 5.99. The second kappa shape index (κ2) is 6.36. The lowest BCUT2D eigenvalue weighted by molar-refractivity contribution is 0.100. The van der Waals surface area contributed by atoms with Crippen LogP contribution in [-0.2, 0) is 0 Å². The van der Waals surface area contributed by atoms with Crippen molar-refractivity contribution in [3.05, 3.63) is 28.2 Å². The number of rotatable bonds is 3. The number of hydrogen-bond donors (Lipinski definition) is 2. The van der Waals surface area contributed by atoms with Crippen molar-refractivity contribution in [3.8, 4) is 0 Å². The lowest BCUT2D eigenvalue weighted by atomic mass is 9.93. The summed E-state index contributed by atoms with van der Waals surface area (Å²) in [7, 11) is 0. The van der Waals surface area contributed by atoms with Crippen molar-refractivity contribution < 1.29 is 4.79 Å². The zero-order valence-corrected chi connectivity index (χ0v) is 13.7. The van der Waals surface area contributed by atoms with Gasteiger partial charge in [-0.1, -0.05) is 0 Å². The molecule has 0 aliphatic carbocycles. The van der Waals surface area contributed by atoms with E-state index >= 15 is 0 Å². The molecule has 2 atom stereocenters. The molecule has 5 heteroatoms. The van der Waals surface area contributed by atoms with Gasteiger partial charge in [0.15, 0.2) is 0 Å². The summed E-state index contributed by atoms with van der Waals surface area (Å²) in [6.45, 7) is 2.22. The van der Waals surface area contributed by atoms with Gasteiger partial charge in [-0.05, 0) is 72.8 Å². The normalized spacial score (nSPS) is 26.0. The maximum atomic E-state index is 11.3. The Hall–Kier alpha value is -1.07. The van der Waals surface area contributed by atoms with E-state index in [1.807, 2.05) is 18.2 Å². The number of carbonyl (C=O) groups excluding carboxylic acids is 1. The molecule has 2 fully saturated rings. The predicted molar refractivity (Wildman–Crippen MR) is 88.7 cm³/mol. The highest BCUT2D eigenvalue weighted by molar-refractivity contribution is 9.10. The van der Waals surface area contributed by atoms with E-state index in [-0.39, 0.29) is 5.91 Å². The van der Waals surface area contributed by atoms with E-state index in [0.29, 0.717) is 17.6 Å². The summed E-state index contributed by atoms with van der Waals surface area (Å²) < 4.78 is 0.962. The van der Waals surface area contributed by atoms with E-state index < -0.39 is 0 Å². The molecule has 2 unspecified atom stereocenters. The van der Waals surface area contributed by atoms with E-state index in [4.69, 9.17) is 5.73 Å². The molecule has 2 aliphatic rings. The molecule has 4 nitrogen and oxygen atoms in total. The fourth-order valence-electron chi connectivity index (χ4n) is 3.61. The van der Waals surface area contributed by atoms with Gasteiger partial charge in [0.1, 0.15) is 0 Å². The fraction of sp³-hybridized carbons (Fsp3) is 0.562. The number of primary amides is 1. The number of halogens is 1. The van der Waals surface area contributed by atoms with Crippen LogP contribution in [0.4, 0.5) is 5.69 Å². The van der Waals surface area contributed by atoms with Gasteiger partial charge in [-0.15, -0.1) is 0 Å². The summed E-state index contributed by atoms with van der Waals surface area (Å²) in [5, 5.41) is 3.64. The third kappa shape index (κ3) is 3.09. The minimum atomic E-state index is -0.380. The number of piperidine rings is 1. The molecule has 2 heterocycles. The smallest absolute Gasteiger partial charge is 0.248 e. The Morgan fingerprint density at radius 2 is 2.14 bits per heavy atom. The standard InChI is InChI=1S/C16H22BrN3O/c17-12-10-11(16(18)21)6-7-14(12)20-9-2-1-5-15(20)13-4-3-8-19-13/h6-7,10,13,15,19H,1-5,8-9H2,(H2,18,21). The van der Waals surface area contributed by atoms with Crippen LogP contribution in [0.1, 0.15) is 42.5 Å². The molecular weight excluding hydrogens is 330 g/mol. The third-order valence-corrected chi connectivity index (χ3v) is 5.29. The van der Waals surface area contributed by atoms with E-state index in [9.17, 15) is 4.79 Å². The van der Waals surface area contributed by atoms with Gasteiger partial charge >= 0.3 is 0 Å². The Balaban J connectivity index is 1.87. The molecule has 0 saturated carbocycles. The van der Waals surface area contributed by atoms with Crippen molar-refractivity contribution in [1.29, 1.82) is 0 Å². The fourth-order valence-corrected chi connectivity index (χ4v) is 4.21. The van der Waals surface area contributed by atoms with Gasteiger partial charge in [-0.3, -0.25) is 4.79 Å². The first-order chi connectivity index (χ1) is 10.2. The van der Waals surface area contributed by atoms with E-state index in [0.717, 1.165) is 17.6 Å². The van der Waals surface area contributed by atoms with Crippen LogP contribution in [-0.4, -0.2) is 31.1 Å². The summed E-state index contributed by atoms with van der Waals surface area (Å²) in [4.78, 5) is 13.8. The first-order valence-corrected chi connectivity index (χ1v) is 8.55. The monoisotopic (exact) mass is 351 g/mol. The molecule has 1 aromatic carbocycles. The van der Waals surface area contributed by atoms with Crippen molar-refractivity contribution in [2.24, 2.45) is 5.73 Å². The highest BCUT2D eigenvalue weighted by Gasteiger charge is 2.32. The second-order valence-corrected chi connectivity index (χ2v) is 6.84. The molecule has 3 rings (SSSR count). The molecule has 1 aromatic rings. The van der Waals surface area contributed by atoms with Crippen LogP contribution >= 0.6 is 15.9 Å². The zero-order valence-electron chi connectivity index (χ0n) is 12.1. The Kier molecular flexibility index (Phi) is 4.50. The van der Waals surface area contributed by atoms with Crippen LogP contribution in [0, 0.1) is 0 Å². The Morgan fingerprint density at radius 1 is 1.29 bits per heavy atom. The number of hydrogen-bond acceptors (Lipinski definition) is 3. The van der Waals surface area contributed by atoms with Crippen LogP contribution in [0.3, 0.4) is 0 Å². The number of amides is 1. The van der Waals surface area contributed by atoms with Crippen LogP contribution in [0.2, 0.25) is 0 Å². The lowest BCUT2D eigenvalue weighted by Gasteiger charge is -2.41. The summed E-state index contributed by atoms with van der Waals surface area (Å²) in [5.41, 5.74) is 7.09. The lowest BCUT2D eigenvalue weighted by Crippen LogP contribution is -2.50. The van der Waals surface area contributed by atoms with Crippen molar-refractivity contribution in [2.75, 3.05) is 18.0 Å². The Bertz CT molecular complexity index is 528. The van der Waals surface area contributed by atoms with Crippen molar-refractivity contribution in [1.82, 2.24) is 5.32 Å². The zero-order chi connectivity index (χ0) is 14.8. The van der Waals surface area contributed by atoms with Gasteiger partial charge < -0.3 is 16.0 Å². The minimum absolute atomic E-state index is 0.380. The van der Waals surface area contributed by atoms with Gasteiger partial charge in [0.05, 0.1) is 5.69 Å². The molecule has 1 amide bonds. The molecule has 2 saturated heterocycles. The quantitative estimate of drug-likeness (QED) is 0.879. The number of nitrogens with one attached hydrogen (secondary N) is 1. The maximum Gasteiger partial charge on any atom is 0.248 e. The van der Waals surface area contributed by atoms with Gasteiger partial charge in [0.25, 0.3) is 0 Å². The van der Waals surface area contributed by atoms with Crippen molar-refractivity contribution in [2.45, 2.75) is 44.2 Å². The van der Waals surface area contributed by atoms with Crippen LogP contribution in [0.25, 0.3) is 0 Å². The van der Waals surface area contributed by atoms with Crippen LogP contribution in [0.15, 0.2) is 22.7 Å².